The van der Waals surface area contributed by atoms with Gasteiger partial charge in [0.05, 0.1) is 12.8 Å². The maximum atomic E-state index is 11.6. The third-order valence-corrected chi connectivity index (χ3v) is 4.41. The van der Waals surface area contributed by atoms with Crippen molar-refractivity contribution in [2.45, 2.75) is 18.9 Å². The number of carbonyl (C=O) groups excluding carboxylic acids is 1. The van der Waals surface area contributed by atoms with Crippen LogP contribution in [0.3, 0.4) is 0 Å². The molecular formula is C10H19N3O3S. The van der Waals surface area contributed by atoms with E-state index in [2.05, 4.69) is 5.32 Å². The van der Waals surface area contributed by atoms with Crippen LogP contribution in [0.2, 0.25) is 0 Å². The highest BCUT2D eigenvalue weighted by Crippen LogP contribution is 2.18. The first-order valence-electron chi connectivity index (χ1n) is 5.92. The van der Waals surface area contributed by atoms with Crippen LogP contribution in [-0.2, 0) is 14.8 Å². The molecule has 0 unspecified atom stereocenters. The second kappa shape index (κ2) is 4.91. The van der Waals surface area contributed by atoms with Crippen LogP contribution in [0.25, 0.3) is 0 Å². The molecule has 98 valence electrons. The smallest absolute Gasteiger partial charge is 0.234 e. The number of rotatable bonds is 4. The molecule has 1 heterocycles. The molecule has 1 aliphatic heterocycles. The second-order valence-corrected chi connectivity index (χ2v) is 6.76. The monoisotopic (exact) mass is 261 g/mol. The molecule has 1 saturated carbocycles. The van der Waals surface area contributed by atoms with Crippen LogP contribution in [0.15, 0.2) is 0 Å². The van der Waals surface area contributed by atoms with Crippen molar-refractivity contribution in [3.05, 3.63) is 0 Å². The lowest BCUT2D eigenvalue weighted by Gasteiger charge is -2.32. The van der Waals surface area contributed by atoms with Crippen molar-refractivity contribution in [3.8, 4) is 0 Å². The number of nitrogens with zero attached hydrogens (tertiary/aromatic N) is 2. The Kier molecular flexibility index (Phi) is 3.70. The van der Waals surface area contributed by atoms with Crippen LogP contribution in [0.5, 0.6) is 0 Å². The van der Waals surface area contributed by atoms with Gasteiger partial charge in [0.1, 0.15) is 0 Å². The van der Waals surface area contributed by atoms with Crippen molar-refractivity contribution in [2.24, 2.45) is 0 Å². The van der Waals surface area contributed by atoms with Crippen LogP contribution >= 0.6 is 0 Å². The lowest BCUT2D eigenvalue weighted by molar-refractivity contribution is -0.122. The van der Waals surface area contributed by atoms with E-state index in [9.17, 15) is 13.2 Å². The van der Waals surface area contributed by atoms with Crippen molar-refractivity contribution < 1.29 is 13.2 Å². The minimum Gasteiger partial charge on any atom is -0.352 e. The summed E-state index contributed by atoms with van der Waals surface area (Å²) in [5.41, 5.74) is 0. The molecule has 17 heavy (non-hydrogen) atoms. The van der Waals surface area contributed by atoms with Crippen LogP contribution in [0, 0.1) is 0 Å². The van der Waals surface area contributed by atoms with E-state index in [1.54, 1.807) is 0 Å². The molecule has 0 radical (unpaired) electrons. The fourth-order valence-corrected chi connectivity index (χ4v) is 2.75. The molecule has 0 spiro atoms. The number of nitrogens with one attached hydrogen (secondary N) is 1. The molecule has 0 aromatic rings. The molecule has 0 aromatic carbocycles. The van der Waals surface area contributed by atoms with E-state index in [0.29, 0.717) is 38.8 Å². The second-order valence-electron chi connectivity index (χ2n) is 4.78. The van der Waals surface area contributed by atoms with Crippen molar-refractivity contribution in [2.75, 3.05) is 39.0 Å². The van der Waals surface area contributed by atoms with Crippen molar-refractivity contribution in [3.63, 3.8) is 0 Å². The maximum absolute atomic E-state index is 11.6. The van der Waals surface area contributed by atoms with E-state index in [1.807, 2.05) is 4.90 Å². The number of amides is 1. The first-order valence-corrected chi connectivity index (χ1v) is 7.77. The molecule has 1 N–H and O–H groups in total. The fourth-order valence-electron chi connectivity index (χ4n) is 1.92. The molecule has 1 saturated heterocycles. The van der Waals surface area contributed by atoms with E-state index < -0.39 is 10.0 Å². The predicted octanol–water partition coefficient (Wildman–Crippen LogP) is -1.16. The molecule has 0 atom stereocenters. The molecule has 1 amide bonds. The third kappa shape index (κ3) is 3.93. The van der Waals surface area contributed by atoms with Crippen molar-refractivity contribution in [1.82, 2.24) is 14.5 Å². The first kappa shape index (κ1) is 12.8. The largest absolute Gasteiger partial charge is 0.352 e. The molecule has 1 aliphatic carbocycles. The van der Waals surface area contributed by atoms with Crippen LogP contribution in [-0.4, -0.2) is 68.6 Å². The lowest BCUT2D eigenvalue weighted by Crippen LogP contribution is -2.50. The van der Waals surface area contributed by atoms with E-state index in [4.69, 9.17) is 0 Å². The van der Waals surface area contributed by atoms with Crippen LogP contribution in [0.1, 0.15) is 12.8 Å². The molecule has 7 heteroatoms. The van der Waals surface area contributed by atoms with Gasteiger partial charge < -0.3 is 5.32 Å². The van der Waals surface area contributed by atoms with Gasteiger partial charge in [-0.1, -0.05) is 0 Å². The van der Waals surface area contributed by atoms with Gasteiger partial charge in [-0.3, -0.25) is 9.69 Å². The average molecular weight is 261 g/mol. The Morgan fingerprint density at radius 1 is 1.24 bits per heavy atom. The summed E-state index contributed by atoms with van der Waals surface area (Å²) in [6, 6.07) is 0.389. The molecule has 6 nitrogen and oxygen atoms in total. The third-order valence-electron chi connectivity index (χ3n) is 3.11. The van der Waals surface area contributed by atoms with Crippen LogP contribution in [0.4, 0.5) is 0 Å². The average Bonchev–Trinajstić information content (AvgIpc) is 3.01. The molecule has 2 aliphatic rings. The zero-order chi connectivity index (χ0) is 12.5. The Bertz CT molecular complexity index is 384. The quantitative estimate of drug-likeness (QED) is 0.693. The molecular weight excluding hydrogens is 242 g/mol. The Morgan fingerprint density at radius 3 is 2.29 bits per heavy atom. The molecule has 2 fully saturated rings. The van der Waals surface area contributed by atoms with Crippen LogP contribution < -0.4 is 5.32 Å². The van der Waals surface area contributed by atoms with Gasteiger partial charge in [0.2, 0.25) is 15.9 Å². The highest BCUT2D eigenvalue weighted by Gasteiger charge is 2.27. The predicted molar refractivity (Wildman–Crippen MR) is 64.0 cm³/mol. The zero-order valence-corrected chi connectivity index (χ0v) is 10.9. The fraction of sp³-hybridized carbons (Fsp3) is 0.900. The van der Waals surface area contributed by atoms with E-state index in [-0.39, 0.29) is 5.91 Å². The van der Waals surface area contributed by atoms with Gasteiger partial charge in [-0.25, -0.2) is 8.42 Å². The molecule has 0 bridgehead atoms. The molecule has 0 aromatic heterocycles. The first-order chi connectivity index (χ1) is 7.95. The summed E-state index contributed by atoms with van der Waals surface area (Å²) in [7, 11) is -3.08. The Labute approximate surface area is 102 Å². The topological polar surface area (TPSA) is 69.7 Å². The lowest BCUT2D eigenvalue weighted by atomic mass is 10.3. The summed E-state index contributed by atoms with van der Waals surface area (Å²) in [6.07, 6.45) is 3.41. The SMILES string of the molecule is CS(=O)(=O)N1CCN(CC(=O)NC2CC2)CC1. The molecule has 2 rings (SSSR count). The number of hydrogen-bond acceptors (Lipinski definition) is 4. The van der Waals surface area contributed by atoms with Gasteiger partial charge in [-0.15, -0.1) is 0 Å². The van der Waals surface area contributed by atoms with E-state index in [0.717, 1.165) is 12.8 Å². The van der Waals surface area contributed by atoms with Gasteiger partial charge >= 0.3 is 0 Å². The van der Waals surface area contributed by atoms with Crippen molar-refractivity contribution >= 4 is 15.9 Å². The van der Waals surface area contributed by atoms with Gasteiger partial charge in [-0.05, 0) is 12.8 Å². The summed E-state index contributed by atoms with van der Waals surface area (Å²) in [6.45, 7) is 2.61. The summed E-state index contributed by atoms with van der Waals surface area (Å²) >= 11 is 0. The summed E-state index contributed by atoms with van der Waals surface area (Å²) in [4.78, 5) is 13.6. The number of piperazine rings is 1. The van der Waals surface area contributed by atoms with E-state index >= 15 is 0 Å². The Balaban J connectivity index is 1.73. The van der Waals surface area contributed by atoms with Gasteiger partial charge in [-0.2, -0.15) is 4.31 Å². The Hall–Kier alpha value is -0.660. The summed E-state index contributed by atoms with van der Waals surface area (Å²) < 4.78 is 24.1. The minimum atomic E-state index is -3.08. The zero-order valence-electron chi connectivity index (χ0n) is 10.1. The number of sulfonamides is 1. The standard InChI is InChI=1S/C10H19N3O3S/c1-17(15,16)13-6-4-12(5-7-13)8-10(14)11-9-2-3-9/h9H,2-8H2,1H3,(H,11,14). The highest BCUT2D eigenvalue weighted by atomic mass is 32.2. The highest BCUT2D eigenvalue weighted by molar-refractivity contribution is 7.88. The number of carbonyl (C=O) groups is 1. The van der Waals surface area contributed by atoms with Gasteiger partial charge in [0.25, 0.3) is 0 Å². The summed E-state index contributed by atoms with van der Waals surface area (Å²) in [5, 5.41) is 2.93. The Morgan fingerprint density at radius 2 is 1.82 bits per heavy atom. The minimum absolute atomic E-state index is 0.0558. The van der Waals surface area contributed by atoms with Gasteiger partial charge in [0, 0.05) is 32.2 Å². The summed E-state index contributed by atoms with van der Waals surface area (Å²) in [5.74, 6) is 0.0558. The normalized spacial score (nSPS) is 23.6. The van der Waals surface area contributed by atoms with E-state index in [1.165, 1.54) is 10.6 Å². The van der Waals surface area contributed by atoms with Crippen molar-refractivity contribution in [1.29, 1.82) is 0 Å². The van der Waals surface area contributed by atoms with Gasteiger partial charge in [0.15, 0.2) is 0 Å². The maximum Gasteiger partial charge on any atom is 0.234 e. The number of hydrogen-bond donors (Lipinski definition) is 1.